The lowest BCUT2D eigenvalue weighted by Gasteiger charge is -2.48. The van der Waals surface area contributed by atoms with Crippen LogP contribution in [-0.4, -0.2) is 91.0 Å². The first kappa shape index (κ1) is 36.3. The molecule has 1 aromatic carbocycles. The fourth-order valence-corrected chi connectivity index (χ4v) is 5.52. The summed E-state index contributed by atoms with van der Waals surface area (Å²) in [7, 11) is 1.00. The largest absolute Gasteiger partial charge is 0.471 e. The molecule has 1 fully saturated rings. The van der Waals surface area contributed by atoms with Crippen molar-refractivity contribution in [3.8, 4) is 0 Å². The normalized spacial score (nSPS) is 22.9. The Bertz CT molecular complexity index is 1240. The maximum absolute atomic E-state index is 13.5. The predicted octanol–water partition coefficient (Wildman–Crippen LogP) is 2.15. The van der Waals surface area contributed by atoms with Gasteiger partial charge in [0.25, 0.3) is 0 Å². The van der Waals surface area contributed by atoms with Crippen molar-refractivity contribution in [2.75, 3.05) is 13.7 Å². The van der Waals surface area contributed by atoms with Crippen LogP contribution in [0.5, 0.6) is 0 Å². The zero-order valence-corrected chi connectivity index (χ0v) is 25.4. The molecule has 17 heteroatoms. The van der Waals surface area contributed by atoms with E-state index in [1.54, 1.807) is 36.5 Å². The van der Waals surface area contributed by atoms with Gasteiger partial charge in [0.15, 0.2) is 12.2 Å². The number of hydrogen-bond acceptors (Lipinski definition) is 13. The van der Waals surface area contributed by atoms with Gasteiger partial charge < -0.3 is 33.7 Å². The summed E-state index contributed by atoms with van der Waals surface area (Å²) in [5, 5.41) is 1.69. The van der Waals surface area contributed by atoms with E-state index >= 15 is 0 Å². The van der Waals surface area contributed by atoms with E-state index in [2.05, 4.69) is 0 Å². The molecule has 0 saturated carbocycles. The monoisotopic (exact) mass is 651 g/mol. The van der Waals surface area contributed by atoms with E-state index in [0.717, 1.165) is 52.1 Å². The number of amides is 1. The first-order valence-corrected chi connectivity index (χ1v) is 13.7. The van der Waals surface area contributed by atoms with E-state index < -0.39 is 90.3 Å². The maximum Gasteiger partial charge on any atom is 0.471 e. The van der Waals surface area contributed by atoms with Crippen molar-refractivity contribution in [3.63, 3.8) is 0 Å². The van der Waals surface area contributed by atoms with Gasteiger partial charge >= 0.3 is 41.9 Å². The molecule has 1 heterocycles. The van der Waals surface area contributed by atoms with Crippen LogP contribution in [0.4, 0.5) is 13.2 Å². The van der Waals surface area contributed by atoms with E-state index in [9.17, 15) is 41.9 Å². The van der Waals surface area contributed by atoms with Gasteiger partial charge in [-0.3, -0.25) is 24.0 Å². The highest BCUT2D eigenvalue weighted by atomic mass is 32.2. The SMILES string of the molecule is COC(=O)C1(Sc2ccc(C)cc2)C[C@H](OC(C)=O)[C@@H](NC(=O)C(F)(F)F)[C@H]([C@@H](OC(C)=O)[C@@H](COC(C)=O)OC(C)=O)O1. The third-order valence-corrected chi connectivity index (χ3v) is 7.25. The molecule has 0 radical (unpaired) electrons. The Morgan fingerprint density at radius 2 is 1.57 bits per heavy atom. The molecule has 1 aliphatic rings. The molecule has 1 amide bonds. The summed E-state index contributed by atoms with van der Waals surface area (Å²) < 4.78 is 72.3. The first-order valence-electron chi connectivity index (χ1n) is 12.9. The van der Waals surface area contributed by atoms with Crippen molar-refractivity contribution < 1.29 is 70.4 Å². The average Bonchev–Trinajstić information content (AvgIpc) is 2.90. The van der Waals surface area contributed by atoms with Gasteiger partial charge in [-0.25, -0.2) is 4.79 Å². The van der Waals surface area contributed by atoms with Gasteiger partial charge in [-0.2, -0.15) is 13.2 Å². The summed E-state index contributed by atoms with van der Waals surface area (Å²) in [6.45, 7) is 4.81. The smallest absolute Gasteiger partial charge is 0.466 e. The molecule has 44 heavy (non-hydrogen) atoms. The lowest BCUT2D eigenvalue weighted by molar-refractivity contribution is -0.226. The molecule has 2 rings (SSSR count). The van der Waals surface area contributed by atoms with Gasteiger partial charge in [0.2, 0.25) is 4.93 Å². The van der Waals surface area contributed by atoms with Gasteiger partial charge in [-0.15, -0.1) is 0 Å². The molecule has 1 unspecified atom stereocenters. The van der Waals surface area contributed by atoms with Crippen molar-refractivity contribution in [3.05, 3.63) is 29.8 Å². The second-order valence-electron chi connectivity index (χ2n) is 9.62. The number of thioether (sulfide) groups is 1. The molecule has 13 nitrogen and oxygen atoms in total. The van der Waals surface area contributed by atoms with Crippen LogP contribution in [-0.2, 0) is 57.2 Å². The molecule has 6 atom stereocenters. The zero-order valence-electron chi connectivity index (χ0n) is 24.6. The molecular weight excluding hydrogens is 619 g/mol. The lowest BCUT2D eigenvalue weighted by atomic mass is 9.89. The number of benzene rings is 1. The summed E-state index contributed by atoms with van der Waals surface area (Å²) in [6, 6.07) is 4.63. The third kappa shape index (κ3) is 10.1. The Morgan fingerprint density at radius 1 is 0.977 bits per heavy atom. The lowest BCUT2D eigenvalue weighted by Crippen LogP contribution is -2.68. The number of aryl methyl sites for hydroxylation is 1. The highest BCUT2D eigenvalue weighted by Gasteiger charge is 2.60. The molecule has 0 spiro atoms. The molecule has 244 valence electrons. The van der Waals surface area contributed by atoms with E-state index in [-0.39, 0.29) is 0 Å². The van der Waals surface area contributed by atoms with E-state index in [4.69, 9.17) is 28.4 Å². The number of nitrogens with one attached hydrogen (secondary N) is 1. The summed E-state index contributed by atoms with van der Waals surface area (Å²) >= 11 is 0.738. The summed E-state index contributed by atoms with van der Waals surface area (Å²) in [5.74, 6) is -7.51. The van der Waals surface area contributed by atoms with E-state index in [1.165, 1.54) is 0 Å². The molecule has 0 aromatic heterocycles. The van der Waals surface area contributed by atoms with E-state index in [1.807, 2.05) is 0 Å². The van der Waals surface area contributed by atoms with Crippen molar-refractivity contribution >= 4 is 47.5 Å². The number of carbonyl (C=O) groups excluding carboxylic acids is 6. The Morgan fingerprint density at radius 3 is 2.05 bits per heavy atom. The van der Waals surface area contributed by atoms with Gasteiger partial charge in [-0.1, -0.05) is 29.5 Å². The fraction of sp³-hybridized carbons (Fsp3) is 0.556. The van der Waals surface area contributed by atoms with Crippen molar-refractivity contribution in [1.29, 1.82) is 0 Å². The molecule has 1 saturated heterocycles. The number of ether oxygens (including phenoxy) is 6. The van der Waals surface area contributed by atoms with Gasteiger partial charge in [0, 0.05) is 39.0 Å². The highest BCUT2D eigenvalue weighted by molar-refractivity contribution is 8.01. The number of alkyl halides is 3. The van der Waals surface area contributed by atoms with Crippen LogP contribution in [0.1, 0.15) is 39.7 Å². The van der Waals surface area contributed by atoms with E-state index in [0.29, 0.717) is 4.90 Å². The van der Waals surface area contributed by atoms with Gasteiger partial charge in [0.05, 0.1) is 13.2 Å². The molecule has 1 N–H and O–H groups in total. The number of hydrogen-bond donors (Lipinski definition) is 1. The first-order chi connectivity index (χ1) is 20.4. The highest BCUT2D eigenvalue weighted by Crippen LogP contribution is 2.46. The van der Waals surface area contributed by atoms with Gasteiger partial charge in [0.1, 0.15) is 18.8 Å². The second-order valence-corrected chi connectivity index (χ2v) is 11.0. The molecule has 0 aliphatic carbocycles. The topological polar surface area (TPSA) is 170 Å². The number of methoxy groups -OCH3 is 1. The molecular formula is C27H32F3NO12S. The Labute approximate surface area is 254 Å². The van der Waals surface area contributed by atoms with Crippen LogP contribution in [0, 0.1) is 6.92 Å². The summed E-state index contributed by atoms with van der Waals surface area (Å²) in [6.07, 6.45) is -13.5. The Balaban J connectivity index is 2.84. The molecule has 1 aliphatic heterocycles. The third-order valence-electron chi connectivity index (χ3n) is 5.98. The minimum atomic E-state index is -5.44. The van der Waals surface area contributed by atoms with Crippen molar-refractivity contribution in [2.45, 2.75) is 87.5 Å². The number of esters is 5. The van der Waals surface area contributed by atoms with Crippen LogP contribution < -0.4 is 5.32 Å². The quantitative estimate of drug-likeness (QED) is 0.273. The summed E-state index contributed by atoms with van der Waals surface area (Å²) in [4.78, 5) is 71.8. The minimum absolute atomic E-state index is 0.402. The van der Waals surface area contributed by atoms with Gasteiger partial charge in [-0.05, 0) is 19.1 Å². The zero-order chi connectivity index (χ0) is 33.4. The van der Waals surface area contributed by atoms with Crippen LogP contribution >= 0.6 is 11.8 Å². The number of halogens is 3. The van der Waals surface area contributed by atoms with Crippen LogP contribution in [0.2, 0.25) is 0 Å². The van der Waals surface area contributed by atoms with Crippen LogP contribution in [0.25, 0.3) is 0 Å². The van der Waals surface area contributed by atoms with Crippen molar-refractivity contribution in [2.24, 2.45) is 0 Å². The molecule has 0 bridgehead atoms. The van der Waals surface area contributed by atoms with Crippen LogP contribution in [0.15, 0.2) is 29.2 Å². The Kier molecular flexibility index (Phi) is 12.6. The number of rotatable bonds is 11. The summed E-state index contributed by atoms with van der Waals surface area (Å²) in [5.41, 5.74) is 0.848. The fourth-order valence-electron chi connectivity index (χ4n) is 4.30. The number of carbonyl (C=O) groups is 6. The Hall–Kier alpha value is -3.86. The predicted molar refractivity (Wildman–Crippen MR) is 143 cm³/mol. The average molecular weight is 652 g/mol. The second kappa shape index (κ2) is 15.2. The van der Waals surface area contributed by atoms with Crippen LogP contribution in [0.3, 0.4) is 0 Å². The molecule has 1 aromatic rings. The van der Waals surface area contributed by atoms with Crippen molar-refractivity contribution in [1.82, 2.24) is 5.32 Å². The maximum atomic E-state index is 13.5. The minimum Gasteiger partial charge on any atom is -0.466 e. The standard InChI is InChI=1S/C27H32F3NO12S/c1-13-7-9-18(10-8-13)44-26(25(37)38-6)11-19(40-15(3)33)21(31-24(36)27(28,29)30)23(43-26)22(42-17(5)35)20(41-16(4)34)12-39-14(2)32/h7-10,19-23H,11-12H2,1-6H3,(H,31,36)/t19-,20+,21+,22-,23+,26?/m0/s1.